The van der Waals surface area contributed by atoms with E-state index in [0.29, 0.717) is 33.5 Å². The summed E-state index contributed by atoms with van der Waals surface area (Å²) < 4.78 is 21.0. The SMILES string of the molecule is Cn1cc(-c2cc(N3C(=O)CCC3=O)ccc2Oc2ccc(F)cc2Cl)c2cc[nH]c2c1=O. The number of carbonyl (C=O) groups excluding carboxylic acids is 2. The smallest absolute Gasteiger partial charge is 0.274 e. The second-order valence-electron chi connectivity index (χ2n) is 7.71. The first-order chi connectivity index (χ1) is 15.8. The molecule has 2 aromatic heterocycles. The van der Waals surface area contributed by atoms with Crippen LogP contribution in [0.5, 0.6) is 11.5 Å². The molecule has 0 saturated carbocycles. The van der Waals surface area contributed by atoms with Crippen LogP contribution in [0.3, 0.4) is 0 Å². The van der Waals surface area contributed by atoms with Crippen molar-refractivity contribution in [1.29, 1.82) is 0 Å². The highest BCUT2D eigenvalue weighted by molar-refractivity contribution is 6.32. The van der Waals surface area contributed by atoms with Gasteiger partial charge in [0.25, 0.3) is 5.56 Å². The van der Waals surface area contributed by atoms with Gasteiger partial charge < -0.3 is 14.3 Å². The molecule has 0 bridgehead atoms. The van der Waals surface area contributed by atoms with Gasteiger partial charge in [0.05, 0.1) is 10.7 Å². The van der Waals surface area contributed by atoms with E-state index in [0.717, 1.165) is 11.0 Å². The maximum atomic E-state index is 13.5. The Morgan fingerprint density at radius 3 is 2.42 bits per heavy atom. The lowest BCUT2D eigenvalue weighted by atomic mass is 10.0. The van der Waals surface area contributed by atoms with Crippen molar-refractivity contribution >= 4 is 40.0 Å². The minimum Gasteiger partial charge on any atom is -0.455 e. The molecule has 2 aromatic carbocycles. The maximum Gasteiger partial charge on any atom is 0.274 e. The number of imide groups is 1. The van der Waals surface area contributed by atoms with Crippen molar-refractivity contribution in [2.24, 2.45) is 7.05 Å². The maximum absolute atomic E-state index is 13.5. The number of amides is 2. The van der Waals surface area contributed by atoms with Crippen molar-refractivity contribution in [3.05, 3.63) is 76.1 Å². The lowest BCUT2D eigenvalue weighted by molar-refractivity contribution is -0.121. The molecule has 0 radical (unpaired) electrons. The predicted molar refractivity (Wildman–Crippen MR) is 122 cm³/mol. The molecule has 0 aliphatic carbocycles. The summed E-state index contributed by atoms with van der Waals surface area (Å²) in [6, 6.07) is 10.4. The van der Waals surface area contributed by atoms with Gasteiger partial charge in [0, 0.05) is 48.8 Å². The Labute approximate surface area is 192 Å². The number of aromatic nitrogens is 2. The van der Waals surface area contributed by atoms with E-state index in [9.17, 15) is 18.8 Å². The van der Waals surface area contributed by atoms with Gasteiger partial charge >= 0.3 is 0 Å². The zero-order chi connectivity index (χ0) is 23.3. The highest BCUT2D eigenvalue weighted by Gasteiger charge is 2.31. The first-order valence-electron chi connectivity index (χ1n) is 10.1. The van der Waals surface area contributed by atoms with Crippen molar-refractivity contribution < 1.29 is 18.7 Å². The van der Waals surface area contributed by atoms with Crippen molar-refractivity contribution in [2.75, 3.05) is 4.90 Å². The van der Waals surface area contributed by atoms with Crippen molar-refractivity contribution in [3.8, 4) is 22.6 Å². The fraction of sp³-hybridized carbons (Fsp3) is 0.125. The van der Waals surface area contributed by atoms with Gasteiger partial charge in [0.15, 0.2) is 0 Å². The normalized spacial score (nSPS) is 13.8. The first kappa shape index (κ1) is 21.0. The van der Waals surface area contributed by atoms with E-state index < -0.39 is 5.82 Å². The van der Waals surface area contributed by atoms with E-state index in [1.54, 1.807) is 43.7 Å². The van der Waals surface area contributed by atoms with Gasteiger partial charge in [0.2, 0.25) is 11.8 Å². The Balaban J connectivity index is 1.73. The number of carbonyl (C=O) groups is 2. The monoisotopic (exact) mass is 465 g/mol. The van der Waals surface area contributed by atoms with E-state index in [4.69, 9.17) is 16.3 Å². The van der Waals surface area contributed by atoms with Gasteiger partial charge in [-0.15, -0.1) is 0 Å². The number of aryl methyl sites for hydroxylation is 1. The van der Waals surface area contributed by atoms with Crippen LogP contribution in [0.1, 0.15) is 12.8 Å². The molecule has 0 unspecified atom stereocenters. The quantitative estimate of drug-likeness (QED) is 0.440. The zero-order valence-electron chi connectivity index (χ0n) is 17.4. The number of ether oxygens (including phenoxy) is 1. The fourth-order valence-electron chi connectivity index (χ4n) is 3.98. The zero-order valence-corrected chi connectivity index (χ0v) is 18.1. The average molecular weight is 466 g/mol. The number of halogens is 2. The lowest BCUT2D eigenvalue weighted by Crippen LogP contribution is -2.28. The number of benzene rings is 2. The standard InChI is InChI=1S/C24H17ClFN3O4/c1-28-12-17(15-8-9-27-23(15)24(28)32)16-11-14(29-21(30)6-7-22(29)31)3-5-19(16)33-20-4-2-13(26)10-18(20)25/h2-5,8-12,27H,6-7H2,1H3. The molecule has 4 aromatic rings. The predicted octanol–water partition coefficient (Wildman–Crippen LogP) is 4.77. The van der Waals surface area contributed by atoms with Crippen LogP contribution in [0.15, 0.2) is 59.7 Å². The molecular weight excluding hydrogens is 449 g/mol. The number of fused-ring (bicyclic) bond motifs is 1. The van der Waals surface area contributed by atoms with E-state index in [1.165, 1.54) is 16.7 Å². The molecule has 1 fully saturated rings. The number of nitrogens with one attached hydrogen (secondary N) is 1. The highest BCUT2D eigenvalue weighted by atomic mass is 35.5. The fourth-order valence-corrected chi connectivity index (χ4v) is 4.19. The summed E-state index contributed by atoms with van der Waals surface area (Å²) >= 11 is 6.16. The molecule has 0 atom stereocenters. The summed E-state index contributed by atoms with van der Waals surface area (Å²) in [5.41, 5.74) is 1.76. The third-order valence-corrected chi connectivity index (χ3v) is 5.87. The molecule has 5 rings (SSSR count). The first-order valence-corrected chi connectivity index (χ1v) is 10.5. The van der Waals surface area contributed by atoms with Crippen molar-refractivity contribution in [3.63, 3.8) is 0 Å². The summed E-state index contributed by atoms with van der Waals surface area (Å²) in [6.45, 7) is 0. The molecule has 1 N–H and O–H groups in total. The molecule has 3 heterocycles. The molecule has 1 aliphatic heterocycles. The molecule has 33 heavy (non-hydrogen) atoms. The number of aromatic amines is 1. The molecule has 7 nitrogen and oxygen atoms in total. The molecular formula is C24H17ClFN3O4. The molecule has 1 saturated heterocycles. The number of hydrogen-bond acceptors (Lipinski definition) is 4. The number of hydrogen-bond donors (Lipinski definition) is 1. The van der Waals surface area contributed by atoms with Gasteiger partial charge in [-0.2, -0.15) is 0 Å². The van der Waals surface area contributed by atoms with Crippen LogP contribution in [0.25, 0.3) is 22.0 Å². The van der Waals surface area contributed by atoms with Crippen molar-refractivity contribution in [1.82, 2.24) is 9.55 Å². The topological polar surface area (TPSA) is 84.4 Å². The minimum atomic E-state index is -0.499. The van der Waals surface area contributed by atoms with E-state index >= 15 is 0 Å². The summed E-state index contributed by atoms with van der Waals surface area (Å²) in [7, 11) is 1.63. The summed E-state index contributed by atoms with van der Waals surface area (Å²) in [5.74, 6) is -0.481. The van der Waals surface area contributed by atoms with Crippen LogP contribution in [-0.2, 0) is 16.6 Å². The van der Waals surface area contributed by atoms with Gasteiger partial charge in [0.1, 0.15) is 22.8 Å². The van der Waals surface area contributed by atoms with E-state index in [2.05, 4.69) is 4.98 Å². The molecule has 0 spiro atoms. The Morgan fingerprint density at radius 1 is 0.970 bits per heavy atom. The highest BCUT2D eigenvalue weighted by Crippen LogP contribution is 2.41. The van der Waals surface area contributed by atoms with Gasteiger partial charge in [-0.25, -0.2) is 4.39 Å². The molecule has 9 heteroatoms. The average Bonchev–Trinajstić information content (AvgIpc) is 3.40. The van der Waals surface area contributed by atoms with Gasteiger partial charge in [-0.05, 0) is 42.5 Å². The summed E-state index contributed by atoms with van der Waals surface area (Å²) in [5, 5.41) is 0.728. The molecule has 2 amide bonds. The lowest BCUT2D eigenvalue weighted by Gasteiger charge is -2.19. The molecule has 1 aliphatic rings. The Bertz CT molecular complexity index is 1490. The number of pyridine rings is 1. The second-order valence-corrected chi connectivity index (χ2v) is 8.11. The van der Waals surface area contributed by atoms with Crippen LogP contribution in [0, 0.1) is 5.82 Å². The Morgan fingerprint density at radius 2 is 1.70 bits per heavy atom. The molecule has 166 valence electrons. The van der Waals surface area contributed by atoms with Gasteiger partial charge in [-0.3, -0.25) is 19.3 Å². The van der Waals surface area contributed by atoms with Crippen LogP contribution in [-0.4, -0.2) is 21.4 Å². The Kier molecular flexibility index (Phi) is 5.02. The van der Waals surface area contributed by atoms with Crippen LogP contribution < -0.4 is 15.2 Å². The van der Waals surface area contributed by atoms with Crippen molar-refractivity contribution in [2.45, 2.75) is 12.8 Å². The third kappa shape index (κ3) is 3.58. The van der Waals surface area contributed by atoms with E-state index in [-0.39, 0.29) is 41.0 Å². The number of anilines is 1. The number of H-pyrrole nitrogens is 1. The largest absolute Gasteiger partial charge is 0.455 e. The van der Waals surface area contributed by atoms with Crippen LogP contribution in [0.4, 0.5) is 10.1 Å². The summed E-state index contributed by atoms with van der Waals surface area (Å²) in [4.78, 5) is 41.3. The van der Waals surface area contributed by atoms with Crippen LogP contribution in [0.2, 0.25) is 5.02 Å². The minimum absolute atomic E-state index is 0.0854. The number of rotatable bonds is 4. The van der Waals surface area contributed by atoms with Crippen LogP contribution >= 0.6 is 11.6 Å². The Hall–Kier alpha value is -3.91. The van der Waals surface area contributed by atoms with E-state index in [1.807, 2.05) is 0 Å². The third-order valence-electron chi connectivity index (χ3n) is 5.57. The summed E-state index contributed by atoms with van der Waals surface area (Å²) in [6.07, 6.45) is 3.62. The second kappa shape index (κ2) is 7.90. The van der Waals surface area contributed by atoms with Gasteiger partial charge in [-0.1, -0.05) is 11.6 Å². The number of nitrogens with zero attached hydrogens (tertiary/aromatic N) is 2.